The van der Waals surface area contributed by atoms with Gasteiger partial charge in [-0.2, -0.15) is 0 Å². The summed E-state index contributed by atoms with van der Waals surface area (Å²) < 4.78 is 4.95. The molecule has 2 atom stereocenters. The SMILES string of the molecule is COCC(CCl)NC(=O)C(C)C1CC1. The normalized spacial score (nSPS) is 20.2. The molecular formula is C10H18ClNO2. The number of carbonyl (C=O) groups is 1. The molecule has 1 amide bonds. The molecule has 1 N–H and O–H groups in total. The fourth-order valence-corrected chi connectivity index (χ4v) is 1.64. The Kier molecular flexibility index (Phi) is 4.69. The third-order valence-corrected chi connectivity index (χ3v) is 3.02. The van der Waals surface area contributed by atoms with Gasteiger partial charge in [-0.15, -0.1) is 11.6 Å². The third kappa shape index (κ3) is 3.46. The number of methoxy groups -OCH3 is 1. The number of hydrogen-bond acceptors (Lipinski definition) is 2. The Balaban J connectivity index is 2.29. The number of rotatable bonds is 6. The molecule has 4 heteroatoms. The second-order valence-corrected chi connectivity index (χ2v) is 4.25. The second-order valence-electron chi connectivity index (χ2n) is 3.94. The van der Waals surface area contributed by atoms with Gasteiger partial charge in [-0.05, 0) is 18.8 Å². The fourth-order valence-electron chi connectivity index (χ4n) is 1.47. The predicted molar refractivity (Wildman–Crippen MR) is 56.4 cm³/mol. The molecule has 2 unspecified atom stereocenters. The molecule has 0 spiro atoms. The highest BCUT2D eigenvalue weighted by molar-refractivity contribution is 6.18. The highest BCUT2D eigenvalue weighted by Gasteiger charge is 2.33. The monoisotopic (exact) mass is 219 g/mol. The molecule has 0 heterocycles. The summed E-state index contributed by atoms with van der Waals surface area (Å²) >= 11 is 5.70. The van der Waals surface area contributed by atoms with Crippen LogP contribution in [-0.4, -0.2) is 31.5 Å². The number of ether oxygens (including phenoxy) is 1. The molecule has 1 rings (SSSR count). The Hall–Kier alpha value is -0.280. The maximum Gasteiger partial charge on any atom is 0.223 e. The molecule has 0 radical (unpaired) electrons. The molecule has 0 aliphatic heterocycles. The van der Waals surface area contributed by atoms with E-state index in [0.717, 1.165) is 0 Å². The molecule has 0 bridgehead atoms. The Morgan fingerprint density at radius 1 is 1.64 bits per heavy atom. The molecule has 1 saturated carbocycles. The van der Waals surface area contributed by atoms with Crippen molar-refractivity contribution in [2.75, 3.05) is 19.6 Å². The molecule has 3 nitrogen and oxygen atoms in total. The quantitative estimate of drug-likeness (QED) is 0.686. The minimum absolute atomic E-state index is 0.0598. The van der Waals surface area contributed by atoms with E-state index in [1.165, 1.54) is 12.8 Å². The number of amides is 1. The van der Waals surface area contributed by atoms with E-state index in [9.17, 15) is 4.79 Å². The van der Waals surface area contributed by atoms with Crippen LogP contribution in [0.15, 0.2) is 0 Å². The van der Waals surface area contributed by atoms with Crippen LogP contribution in [0.3, 0.4) is 0 Å². The van der Waals surface area contributed by atoms with Gasteiger partial charge in [-0.1, -0.05) is 6.92 Å². The van der Waals surface area contributed by atoms with E-state index < -0.39 is 0 Å². The molecule has 0 saturated heterocycles. The summed E-state index contributed by atoms with van der Waals surface area (Å²) in [6, 6.07) is -0.0598. The molecule has 14 heavy (non-hydrogen) atoms. The van der Waals surface area contributed by atoms with Gasteiger partial charge in [0.15, 0.2) is 0 Å². The maximum absolute atomic E-state index is 11.6. The molecule has 0 aromatic rings. The van der Waals surface area contributed by atoms with Crippen LogP contribution in [-0.2, 0) is 9.53 Å². The lowest BCUT2D eigenvalue weighted by Gasteiger charge is -2.18. The van der Waals surface area contributed by atoms with Crippen LogP contribution in [0.1, 0.15) is 19.8 Å². The first-order chi connectivity index (χ1) is 6.69. The highest BCUT2D eigenvalue weighted by atomic mass is 35.5. The predicted octanol–water partition coefficient (Wildman–Crippen LogP) is 1.40. The Morgan fingerprint density at radius 3 is 2.71 bits per heavy atom. The first-order valence-electron chi connectivity index (χ1n) is 5.04. The summed E-state index contributed by atoms with van der Waals surface area (Å²) in [5.74, 6) is 1.22. The molecule has 82 valence electrons. The molecule has 0 aromatic carbocycles. The van der Waals surface area contributed by atoms with Crippen LogP contribution in [0.5, 0.6) is 0 Å². The van der Waals surface area contributed by atoms with Crippen molar-refractivity contribution in [3.8, 4) is 0 Å². The third-order valence-electron chi connectivity index (χ3n) is 2.64. The minimum atomic E-state index is -0.0598. The van der Waals surface area contributed by atoms with Gasteiger partial charge < -0.3 is 10.1 Å². The lowest BCUT2D eigenvalue weighted by molar-refractivity contribution is -0.126. The first-order valence-corrected chi connectivity index (χ1v) is 5.57. The van der Waals surface area contributed by atoms with Crippen molar-refractivity contribution in [2.45, 2.75) is 25.8 Å². The molecule has 1 fully saturated rings. The largest absolute Gasteiger partial charge is 0.383 e. The smallest absolute Gasteiger partial charge is 0.223 e. The number of alkyl halides is 1. The zero-order valence-corrected chi connectivity index (χ0v) is 9.51. The Bertz CT molecular complexity index is 195. The zero-order chi connectivity index (χ0) is 10.6. The molecule has 0 aromatic heterocycles. The van der Waals surface area contributed by atoms with Crippen molar-refractivity contribution in [1.29, 1.82) is 0 Å². The average Bonchev–Trinajstić information content (AvgIpc) is 2.99. The standard InChI is InChI=1S/C10H18ClNO2/c1-7(8-3-4-8)10(13)12-9(5-11)6-14-2/h7-9H,3-6H2,1-2H3,(H,12,13). The minimum Gasteiger partial charge on any atom is -0.383 e. The van der Waals surface area contributed by atoms with Crippen molar-refractivity contribution in [2.24, 2.45) is 11.8 Å². The van der Waals surface area contributed by atoms with Crippen molar-refractivity contribution < 1.29 is 9.53 Å². The zero-order valence-electron chi connectivity index (χ0n) is 8.75. The van der Waals surface area contributed by atoms with Crippen LogP contribution in [0.25, 0.3) is 0 Å². The molecule has 1 aliphatic rings. The van der Waals surface area contributed by atoms with Crippen LogP contribution in [0, 0.1) is 11.8 Å². The second kappa shape index (κ2) is 5.56. The fraction of sp³-hybridized carbons (Fsp3) is 0.900. The number of carbonyl (C=O) groups excluding carboxylic acids is 1. The van der Waals surface area contributed by atoms with Gasteiger partial charge in [0.25, 0.3) is 0 Å². The Labute approximate surface area is 90.1 Å². The first kappa shape index (κ1) is 11.8. The topological polar surface area (TPSA) is 38.3 Å². The van der Waals surface area contributed by atoms with Crippen LogP contribution < -0.4 is 5.32 Å². The van der Waals surface area contributed by atoms with E-state index in [0.29, 0.717) is 18.4 Å². The summed E-state index contributed by atoms with van der Waals surface area (Å²) in [6.45, 7) is 2.46. The maximum atomic E-state index is 11.6. The van der Waals surface area contributed by atoms with Gasteiger partial charge in [-0.3, -0.25) is 4.79 Å². The van der Waals surface area contributed by atoms with Crippen LogP contribution in [0.4, 0.5) is 0 Å². The lowest BCUT2D eigenvalue weighted by Crippen LogP contribution is -2.42. The Morgan fingerprint density at radius 2 is 2.29 bits per heavy atom. The lowest BCUT2D eigenvalue weighted by atomic mass is 10.1. The summed E-state index contributed by atoms with van der Waals surface area (Å²) in [5, 5.41) is 2.89. The van der Waals surface area contributed by atoms with Crippen molar-refractivity contribution in [3.63, 3.8) is 0 Å². The van der Waals surface area contributed by atoms with Crippen LogP contribution >= 0.6 is 11.6 Å². The van der Waals surface area contributed by atoms with E-state index in [1.54, 1.807) is 7.11 Å². The van der Waals surface area contributed by atoms with E-state index >= 15 is 0 Å². The van der Waals surface area contributed by atoms with Crippen LogP contribution in [0.2, 0.25) is 0 Å². The van der Waals surface area contributed by atoms with Crippen molar-refractivity contribution in [1.82, 2.24) is 5.32 Å². The summed E-state index contributed by atoms with van der Waals surface area (Å²) in [5.41, 5.74) is 0. The summed E-state index contributed by atoms with van der Waals surface area (Å²) in [6.07, 6.45) is 2.37. The molecular weight excluding hydrogens is 202 g/mol. The number of halogens is 1. The van der Waals surface area contributed by atoms with E-state index in [-0.39, 0.29) is 17.9 Å². The highest BCUT2D eigenvalue weighted by Crippen LogP contribution is 2.36. The van der Waals surface area contributed by atoms with E-state index in [2.05, 4.69) is 5.32 Å². The average molecular weight is 220 g/mol. The number of hydrogen-bond donors (Lipinski definition) is 1. The summed E-state index contributed by atoms with van der Waals surface area (Å²) in [4.78, 5) is 11.6. The van der Waals surface area contributed by atoms with Crippen molar-refractivity contribution in [3.05, 3.63) is 0 Å². The van der Waals surface area contributed by atoms with Gasteiger partial charge in [0, 0.05) is 18.9 Å². The van der Waals surface area contributed by atoms with Gasteiger partial charge in [0.05, 0.1) is 12.6 Å². The number of nitrogens with one attached hydrogen (secondary N) is 1. The van der Waals surface area contributed by atoms with Gasteiger partial charge in [-0.25, -0.2) is 0 Å². The summed E-state index contributed by atoms with van der Waals surface area (Å²) in [7, 11) is 1.61. The van der Waals surface area contributed by atoms with Gasteiger partial charge in [0.2, 0.25) is 5.91 Å². The van der Waals surface area contributed by atoms with E-state index in [4.69, 9.17) is 16.3 Å². The van der Waals surface area contributed by atoms with E-state index in [1.807, 2.05) is 6.92 Å². The van der Waals surface area contributed by atoms with Gasteiger partial charge >= 0.3 is 0 Å². The van der Waals surface area contributed by atoms with Crippen molar-refractivity contribution >= 4 is 17.5 Å². The van der Waals surface area contributed by atoms with Gasteiger partial charge in [0.1, 0.15) is 0 Å². The molecule has 1 aliphatic carbocycles.